The Labute approximate surface area is 290 Å². The summed E-state index contributed by atoms with van der Waals surface area (Å²) in [6.07, 6.45) is 0.834. The number of carbonyl (C=O) groups excluding carboxylic acids is 4. The molecule has 2 amide bonds. The monoisotopic (exact) mass is 715 g/mol. The van der Waals surface area contributed by atoms with Gasteiger partial charge in [0.15, 0.2) is 33.9 Å². The summed E-state index contributed by atoms with van der Waals surface area (Å²) in [4.78, 5) is 58.3. The number of ether oxygens (including phenoxy) is 6. The highest BCUT2D eigenvalue weighted by molar-refractivity contribution is 7.13. The van der Waals surface area contributed by atoms with Gasteiger partial charge in [-0.15, -0.1) is 11.3 Å². The number of aliphatic hydroxyl groups is 1. The molecule has 1 unspecified atom stereocenters. The minimum atomic E-state index is -2.10. The molecule has 1 aromatic heterocycles. The molecule has 1 aliphatic carbocycles. The number of amides is 2. The first-order valence-electron chi connectivity index (χ1n) is 14.9. The molecule has 49 heavy (non-hydrogen) atoms. The molecule has 260 valence electrons. The average Bonchev–Trinajstić information content (AvgIpc) is 3.72. The number of hydrogen-bond acceptors (Lipinski definition) is 13. The van der Waals surface area contributed by atoms with Crippen LogP contribution in [-0.2, 0) is 14.4 Å². The van der Waals surface area contributed by atoms with Crippen LogP contribution >= 0.6 is 22.9 Å². The van der Waals surface area contributed by atoms with Gasteiger partial charge in [-0.1, -0.05) is 18.5 Å². The summed E-state index contributed by atoms with van der Waals surface area (Å²) in [5.41, 5.74) is -2.08. The molecular formula is C33H34ClN3O11S. The van der Waals surface area contributed by atoms with Crippen LogP contribution < -0.4 is 39.1 Å². The maximum absolute atomic E-state index is 14.4. The van der Waals surface area contributed by atoms with E-state index < -0.39 is 59.5 Å². The van der Waals surface area contributed by atoms with Gasteiger partial charge in [0.25, 0.3) is 0 Å². The minimum Gasteiger partial charge on any atom is -0.507 e. The molecule has 3 atom stereocenters. The second kappa shape index (κ2) is 14.2. The van der Waals surface area contributed by atoms with Crippen LogP contribution in [0.3, 0.4) is 0 Å². The lowest BCUT2D eigenvalue weighted by atomic mass is 9.69. The number of nitrogens with one attached hydrogen (secondary N) is 2. The highest BCUT2D eigenvalue weighted by Gasteiger charge is 2.61. The van der Waals surface area contributed by atoms with Gasteiger partial charge in [0.1, 0.15) is 22.1 Å². The molecule has 0 bridgehead atoms. The zero-order valence-corrected chi connectivity index (χ0v) is 29.0. The number of rotatable bonds is 12. The quantitative estimate of drug-likeness (QED) is 0.239. The molecule has 14 nitrogen and oxygen atoms in total. The largest absolute Gasteiger partial charge is 0.507 e. The van der Waals surface area contributed by atoms with Gasteiger partial charge in [-0.2, -0.15) is 0 Å². The highest BCUT2D eigenvalue weighted by atomic mass is 35.5. The van der Waals surface area contributed by atoms with Crippen LogP contribution in [0.4, 0.5) is 5.13 Å². The number of allylic oxidation sites excluding steroid dienone is 1. The summed E-state index contributed by atoms with van der Waals surface area (Å²) in [6.45, 7) is 1.19. The molecular weight excluding hydrogens is 682 g/mol. The van der Waals surface area contributed by atoms with Gasteiger partial charge in [0.05, 0.1) is 42.1 Å². The lowest BCUT2D eigenvalue weighted by Gasteiger charge is -2.38. The zero-order chi connectivity index (χ0) is 35.6. The fraction of sp³-hybridized carbons (Fsp3) is 0.364. The van der Waals surface area contributed by atoms with Gasteiger partial charge in [0.2, 0.25) is 28.9 Å². The van der Waals surface area contributed by atoms with E-state index >= 15 is 0 Å². The molecule has 0 saturated carbocycles. The molecule has 16 heteroatoms. The van der Waals surface area contributed by atoms with Crippen molar-refractivity contribution in [1.82, 2.24) is 10.3 Å². The van der Waals surface area contributed by atoms with Crippen molar-refractivity contribution in [3.05, 3.63) is 57.3 Å². The third-order valence-electron chi connectivity index (χ3n) is 8.46. The zero-order valence-electron chi connectivity index (χ0n) is 27.4. The Bertz CT molecular complexity index is 1820. The third kappa shape index (κ3) is 6.19. The van der Waals surface area contributed by atoms with Gasteiger partial charge in [-0.05, 0) is 17.7 Å². The minimum absolute atomic E-state index is 0.0291. The van der Waals surface area contributed by atoms with Gasteiger partial charge >= 0.3 is 0 Å². The highest BCUT2D eigenvalue weighted by Crippen LogP contribution is 2.56. The third-order valence-corrected chi connectivity index (χ3v) is 9.51. The first kappa shape index (κ1) is 35.3. The summed E-state index contributed by atoms with van der Waals surface area (Å²) in [6, 6.07) is 4.49. The number of aromatic nitrogens is 1. The van der Waals surface area contributed by atoms with E-state index in [1.54, 1.807) is 12.3 Å². The van der Waals surface area contributed by atoms with Gasteiger partial charge < -0.3 is 44.2 Å². The summed E-state index contributed by atoms with van der Waals surface area (Å²) in [7, 11) is 6.95. The number of halogens is 1. The Morgan fingerprint density at radius 3 is 2.24 bits per heavy atom. The summed E-state index contributed by atoms with van der Waals surface area (Å²) >= 11 is 7.80. The van der Waals surface area contributed by atoms with Crippen LogP contribution in [0.1, 0.15) is 41.6 Å². The first-order valence-corrected chi connectivity index (χ1v) is 16.1. The van der Waals surface area contributed by atoms with Crippen molar-refractivity contribution in [1.29, 1.82) is 0 Å². The van der Waals surface area contributed by atoms with E-state index in [2.05, 4.69) is 15.6 Å². The number of fused-ring (bicyclic) bond motifs is 1. The van der Waals surface area contributed by atoms with Crippen molar-refractivity contribution in [2.24, 2.45) is 5.92 Å². The number of benzene rings is 2. The van der Waals surface area contributed by atoms with Gasteiger partial charge in [-0.25, -0.2) is 4.98 Å². The molecule has 2 aromatic carbocycles. The van der Waals surface area contributed by atoms with Crippen LogP contribution in [-0.4, -0.2) is 81.2 Å². The number of aliphatic hydroxyl groups excluding tert-OH is 1. The van der Waals surface area contributed by atoms with E-state index in [0.717, 1.165) is 0 Å². The first-order chi connectivity index (χ1) is 23.4. The number of hydrogen-bond donors (Lipinski definition) is 3. The molecule has 1 spiro atoms. The van der Waals surface area contributed by atoms with Crippen molar-refractivity contribution in [2.45, 2.75) is 31.3 Å². The van der Waals surface area contributed by atoms with Crippen molar-refractivity contribution in [3.8, 4) is 34.5 Å². The standard InChI is InChI=1S/C33H34ClN3O11S/c1-15-9-18(38)25(30(41)33(15)31(42)26-19(43-2)13-20(44-3)27(34)29(26)48-33)17(16-10-21(45-4)28(47-6)22(11-16)46-5)12-23(39)36-14-24(40)37-32-35-7-8-49-32/h7-8,10-11,13,15,17,41H,9,12,14H2,1-6H3,(H,36,39)(H,35,37,40)/t15-,17?,33+/m1/s1. The van der Waals surface area contributed by atoms with Crippen LogP contribution in [0, 0.1) is 5.92 Å². The number of thiazole rings is 1. The molecule has 0 radical (unpaired) electrons. The molecule has 3 aromatic rings. The van der Waals surface area contributed by atoms with Crippen molar-refractivity contribution in [3.63, 3.8) is 0 Å². The van der Waals surface area contributed by atoms with E-state index in [9.17, 15) is 24.3 Å². The van der Waals surface area contributed by atoms with Crippen LogP contribution in [0.15, 0.2) is 41.1 Å². The Balaban J connectivity index is 1.63. The number of nitrogens with zero attached hydrogens (tertiary/aromatic N) is 1. The van der Waals surface area contributed by atoms with E-state index in [-0.39, 0.29) is 57.1 Å². The predicted octanol–water partition coefficient (Wildman–Crippen LogP) is 4.50. The molecule has 2 aliphatic rings. The Kier molecular flexibility index (Phi) is 10.2. The maximum atomic E-state index is 14.4. The van der Waals surface area contributed by atoms with Crippen molar-refractivity contribution < 1.29 is 52.7 Å². The molecule has 0 fully saturated rings. The van der Waals surface area contributed by atoms with Crippen LogP contribution in [0.5, 0.6) is 34.5 Å². The molecule has 2 heterocycles. The van der Waals surface area contributed by atoms with Gasteiger partial charge in [-0.3, -0.25) is 19.2 Å². The normalized spacial score (nSPS) is 18.8. The fourth-order valence-corrected chi connectivity index (χ4v) is 6.92. The molecule has 1 aliphatic heterocycles. The molecule has 5 rings (SSSR count). The van der Waals surface area contributed by atoms with Gasteiger partial charge in [0, 0.05) is 47.9 Å². The molecule has 0 saturated heterocycles. The number of anilines is 1. The van der Waals surface area contributed by atoms with Crippen molar-refractivity contribution >= 4 is 51.5 Å². The van der Waals surface area contributed by atoms with E-state index in [1.807, 2.05) is 0 Å². The van der Waals surface area contributed by atoms with E-state index in [1.165, 1.54) is 71.3 Å². The predicted molar refractivity (Wildman–Crippen MR) is 178 cm³/mol. The Hall–Kier alpha value is -5.02. The second-order valence-electron chi connectivity index (χ2n) is 11.1. The topological polar surface area (TPSA) is 181 Å². The SMILES string of the molecule is COc1cc(OC)c2c(c1Cl)O[C@]1(C2=O)C(O)=C(C(CC(=O)NCC(=O)Nc2nccs2)c2cc(OC)c(OC)c(OC)c2)C(=O)C[C@H]1C. The summed E-state index contributed by atoms with van der Waals surface area (Å²) < 4.78 is 33.6. The molecule has 3 N–H and O–H groups in total. The Morgan fingerprint density at radius 1 is 1.02 bits per heavy atom. The summed E-state index contributed by atoms with van der Waals surface area (Å²) in [5.74, 6) is -4.33. The maximum Gasteiger partial charge on any atom is 0.245 e. The average molecular weight is 716 g/mol. The van der Waals surface area contributed by atoms with Crippen molar-refractivity contribution in [2.75, 3.05) is 47.4 Å². The lowest BCUT2D eigenvalue weighted by Crippen LogP contribution is -2.53. The number of carbonyl (C=O) groups is 4. The van der Waals surface area contributed by atoms with E-state index in [0.29, 0.717) is 10.7 Å². The van der Waals surface area contributed by atoms with Crippen LogP contribution in [0.2, 0.25) is 5.02 Å². The summed E-state index contributed by atoms with van der Waals surface area (Å²) in [5, 5.41) is 19.3. The van der Waals surface area contributed by atoms with Crippen LogP contribution in [0.25, 0.3) is 0 Å². The smallest absolute Gasteiger partial charge is 0.245 e. The number of methoxy groups -OCH3 is 5. The Morgan fingerprint density at radius 2 is 1.67 bits per heavy atom. The fourth-order valence-electron chi connectivity index (χ4n) is 6.11. The number of Topliss-reactive ketones (excluding diaryl/α,β-unsaturated/α-hetero) is 2. The van der Waals surface area contributed by atoms with E-state index in [4.69, 9.17) is 40.0 Å². The second-order valence-corrected chi connectivity index (χ2v) is 12.4. The number of ketones is 2. The lowest BCUT2D eigenvalue weighted by molar-refractivity contribution is -0.124.